The monoisotopic (exact) mass is 282 g/mol. The number of rotatable bonds is 5. The molecule has 0 bridgehead atoms. The van der Waals surface area contributed by atoms with Crippen LogP contribution in [0.5, 0.6) is 0 Å². The van der Waals surface area contributed by atoms with Crippen LogP contribution in [0.1, 0.15) is 34.1 Å². The third kappa shape index (κ3) is 4.18. The van der Waals surface area contributed by atoms with Crippen molar-refractivity contribution in [2.75, 3.05) is 11.9 Å². The summed E-state index contributed by atoms with van der Waals surface area (Å²) >= 11 is 0. The van der Waals surface area contributed by atoms with Crippen LogP contribution in [-0.2, 0) is 0 Å². The fraction of sp³-hybridized carbons (Fsp3) is 0.176. The quantitative estimate of drug-likeness (QED) is 0.885. The van der Waals surface area contributed by atoms with Gasteiger partial charge >= 0.3 is 0 Å². The Morgan fingerprint density at radius 3 is 2.33 bits per heavy atom. The summed E-state index contributed by atoms with van der Waals surface area (Å²) in [6.45, 7) is 2.64. The van der Waals surface area contributed by atoms with E-state index in [-0.39, 0.29) is 11.8 Å². The molecule has 0 aliphatic heterocycles. The highest BCUT2D eigenvalue weighted by Gasteiger charge is 2.08. The van der Waals surface area contributed by atoms with E-state index in [1.807, 2.05) is 25.1 Å². The van der Waals surface area contributed by atoms with Gasteiger partial charge in [-0.25, -0.2) is 0 Å². The third-order valence-corrected chi connectivity index (χ3v) is 2.95. The molecule has 2 aromatic rings. The molecule has 0 atom stereocenters. The standard InChI is InChI=1S/C17H18N2O2/c1-2-11-18-16(20)14-9-6-10-15(12-14)19-17(21)13-7-4-3-5-8-13/h3-10,12H,2,11H2,1H3,(H,18,20)(H,19,21). The van der Waals surface area contributed by atoms with E-state index in [1.165, 1.54) is 0 Å². The van der Waals surface area contributed by atoms with Gasteiger partial charge in [-0.2, -0.15) is 0 Å². The zero-order valence-electron chi connectivity index (χ0n) is 11.9. The van der Waals surface area contributed by atoms with Crippen molar-refractivity contribution in [3.05, 3.63) is 65.7 Å². The van der Waals surface area contributed by atoms with Gasteiger partial charge in [-0.3, -0.25) is 9.59 Å². The van der Waals surface area contributed by atoms with E-state index in [0.29, 0.717) is 23.4 Å². The van der Waals surface area contributed by atoms with Gasteiger partial charge in [0.2, 0.25) is 0 Å². The zero-order chi connectivity index (χ0) is 15.1. The minimum atomic E-state index is -0.193. The van der Waals surface area contributed by atoms with Gasteiger partial charge in [-0.15, -0.1) is 0 Å². The Labute approximate surface area is 124 Å². The second-order valence-electron chi connectivity index (χ2n) is 4.66. The van der Waals surface area contributed by atoms with Gasteiger partial charge in [0.25, 0.3) is 11.8 Å². The molecule has 0 saturated heterocycles. The molecule has 0 aromatic heterocycles. The first-order valence-electron chi connectivity index (χ1n) is 6.95. The molecule has 0 radical (unpaired) electrons. The van der Waals surface area contributed by atoms with Gasteiger partial charge in [0, 0.05) is 23.4 Å². The maximum atomic E-state index is 12.1. The van der Waals surface area contributed by atoms with Gasteiger partial charge < -0.3 is 10.6 Å². The molecule has 0 spiro atoms. The van der Waals surface area contributed by atoms with Crippen molar-refractivity contribution in [2.45, 2.75) is 13.3 Å². The van der Waals surface area contributed by atoms with Gasteiger partial charge in [-0.1, -0.05) is 31.2 Å². The summed E-state index contributed by atoms with van der Waals surface area (Å²) < 4.78 is 0. The van der Waals surface area contributed by atoms with Crippen LogP contribution in [0.25, 0.3) is 0 Å². The highest BCUT2D eigenvalue weighted by Crippen LogP contribution is 2.12. The Morgan fingerprint density at radius 1 is 0.905 bits per heavy atom. The van der Waals surface area contributed by atoms with Crippen molar-refractivity contribution < 1.29 is 9.59 Å². The summed E-state index contributed by atoms with van der Waals surface area (Å²) in [5, 5.41) is 5.60. The lowest BCUT2D eigenvalue weighted by Crippen LogP contribution is -2.24. The van der Waals surface area contributed by atoms with Gasteiger partial charge in [0.15, 0.2) is 0 Å². The lowest BCUT2D eigenvalue weighted by molar-refractivity contribution is 0.0952. The molecule has 0 saturated carbocycles. The average Bonchev–Trinajstić information content (AvgIpc) is 2.53. The van der Waals surface area contributed by atoms with E-state index in [2.05, 4.69) is 10.6 Å². The van der Waals surface area contributed by atoms with Crippen molar-refractivity contribution in [3.63, 3.8) is 0 Å². The SMILES string of the molecule is CCCNC(=O)c1cccc(NC(=O)c2ccccc2)c1. The predicted molar refractivity (Wildman–Crippen MR) is 83.5 cm³/mol. The summed E-state index contributed by atoms with van der Waals surface area (Å²) in [4.78, 5) is 23.9. The van der Waals surface area contributed by atoms with Crippen LogP contribution in [0.15, 0.2) is 54.6 Å². The van der Waals surface area contributed by atoms with Gasteiger partial charge in [-0.05, 0) is 36.8 Å². The number of anilines is 1. The number of carbonyl (C=O) groups excluding carboxylic acids is 2. The smallest absolute Gasteiger partial charge is 0.255 e. The molecular weight excluding hydrogens is 264 g/mol. The predicted octanol–water partition coefficient (Wildman–Crippen LogP) is 3.08. The number of benzene rings is 2. The second-order valence-corrected chi connectivity index (χ2v) is 4.66. The number of hydrogen-bond acceptors (Lipinski definition) is 2. The molecule has 21 heavy (non-hydrogen) atoms. The molecule has 0 heterocycles. The van der Waals surface area contributed by atoms with E-state index in [1.54, 1.807) is 36.4 Å². The molecular formula is C17H18N2O2. The first-order chi connectivity index (χ1) is 10.2. The van der Waals surface area contributed by atoms with E-state index >= 15 is 0 Å². The van der Waals surface area contributed by atoms with Crippen LogP contribution in [0, 0.1) is 0 Å². The van der Waals surface area contributed by atoms with Crippen LogP contribution in [0.3, 0.4) is 0 Å². The van der Waals surface area contributed by atoms with E-state index in [9.17, 15) is 9.59 Å². The van der Waals surface area contributed by atoms with Gasteiger partial charge in [0.1, 0.15) is 0 Å². The minimum Gasteiger partial charge on any atom is -0.352 e. The minimum absolute atomic E-state index is 0.132. The molecule has 2 N–H and O–H groups in total. The molecule has 4 nitrogen and oxygen atoms in total. The Bertz CT molecular complexity index is 624. The fourth-order valence-electron chi connectivity index (χ4n) is 1.87. The Kier molecular flexibility index (Phi) is 5.10. The first-order valence-corrected chi connectivity index (χ1v) is 6.95. The molecule has 0 fully saturated rings. The van der Waals surface area contributed by atoms with Crippen LogP contribution in [0.2, 0.25) is 0 Å². The van der Waals surface area contributed by atoms with Crippen LogP contribution in [0.4, 0.5) is 5.69 Å². The zero-order valence-corrected chi connectivity index (χ0v) is 11.9. The Morgan fingerprint density at radius 2 is 1.62 bits per heavy atom. The molecule has 0 aliphatic carbocycles. The number of hydrogen-bond donors (Lipinski definition) is 2. The van der Waals surface area contributed by atoms with Crippen molar-refractivity contribution in [2.24, 2.45) is 0 Å². The summed E-state index contributed by atoms with van der Waals surface area (Å²) in [5.74, 6) is -0.325. The molecule has 4 heteroatoms. The van der Waals surface area contributed by atoms with Gasteiger partial charge in [0.05, 0.1) is 0 Å². The molecule has 108 valence electrons. The number of nitrogens with one attached hydrogen (secondary N) is 2. The maximum absolute atomic E-state index is 12.1. The largest absolute Gasteiger partial charge is 0.352 e. The average molecular weight is 282 g/mol. The molecule has 2 aromatic carbocycles. The topological polar surface area (TPSA) is 58.2 Å². The summed E-state index contributed by atoms with van der Waals surface area (Å²) in [6, 6.07) is 15.9. The molecule has 0 unspecified atom stereocenters. The number of amides is 2. The summed E-state index contributed by atoms with van der Waals surface area (Å²) in [7, 11) is 0. The molecule has 2 rings (SSSR count). The Hall–Kier alpha value is -2.62. The van der Waals surface area contributed by atoms with Crippen LogP contribution < -0.4 is 10.6 Å². The number of carbonyl (C=O) groups is 2. The summed E-state index contributed by atoms with van der Waals surface area (Å²) in [6.07, 6.45) is 0.885. The lowest BCUT2D eigenvalue weighted by Gasteiger charge is -2.08. The summed E-state index contributed by atoms with van der Waals surface area (Å²) in [5.41, 5.74) is 1.72. The molecule has 2 amide bonds. The lowest BCUT2D eigenvalue weighted by atomic mass is 10.1. The Balaban J connectivity index is 2.07. The van der Waals surface area contributed by atoms with E-state index in [4.69, 9.17) is 0 Å². The van der Waals surface area contributed by atoms with Crippen molar-refractivity contribution >= 4 is 17.5 Å². The highest BCUT2D eigenvalue weighted by atomic mass is 16.2. The maximum Gasteiger partial charge on any atom is 0.255 e. The van der Waals surface area contributed by atoms with E-state index in [0.717, 1.165) is 6.42 Å². The van der Waals surface area contributed by atoms with Crippen molar-refractivity contribution in [1.82, 2.24) is 5.32 Å². The normalized spacial score (nSPS) is 9.95. The second kappa shape index (κ2) is 7.24. The first kappa shape index (κ1) is 14.8. The van der Waals surface area contributed by atoms with Crippen molar-refractivity contribution in [1.29, 1.82) is 0 Å². The third-order valence-electron chi connectivity index (χ3n) is 2.95. The fourth-order valence-corrected chi connectivity index (χ4v) is 1.87. The van der Waals surface area contributed by atoms with Crippen LogP contribution in [-0.4, -0.2) is 18.4 Å². The van der Waals surface area contributed by atoms with E-state index < -0.39 is 0 Å². The highest BCUT2D eigenvalue weighted by molar-refractivity contribution is 6.05. The molecule has 0 aliphatic rings. The van der Waals surface area contributed by atoms with Crippen LogP contribution >= 0.6 is 0 Å². The van der Waals surface area contributed by atoms with Crippen molar-refractivity contribution in [3.8, 4) is 0 Å².